The molecule has 1 N–H and O–H groups in total. The van der Waals surface area contributed by atoms with E-state index in [2.05, 4.69) is 5.10 Å². The molecule has 0 atom stereocenters. The normalized spacial score (nSPS) is 21.9. The molecular formula is C10H14N2O2S. The summed E-state index contributed by atoms with van der Waals surface area (Å²) in [5.74, 6) is 2.33. The van der Waals surface area contributed by atoms with Crippen molar-refractivity contribution in [1.29, 1.82) is 0 Å². The average molecular weight is 226 g/mol. The van der Waals surface area contributed by atoms with Crippen LogP contribution in [0.25, 0.3) is 0 Å². The molecule has 1 aromatic heterocycles. The molecule has 3 rings (SSSR count). The SMILES string of the molecule is O=c1c2c([nH]n1C1CCSCC1)COC2. The third-order valence-electron chi connectivity index (χ3n) is 3.15. The fraction of sp³-hybridized carbons (Fsp3) is 0.700. The van der Waals surface area contributed by atoms with Crippen LogP contribution in [0.15, 0.2) is 4.79 Å². The smallest absolute Gasteiger partial charge is 0.272 e. The van der Waals surface area contributed by atoms with Gasteiger partial charge in [0.1, 0.15) is 0 Å². The van der Waals surface area contributed by atoms with Crippen molar-refractivity contribution in [3.8, 4) is 0 Å². The first-order valence-corrected chi connectivity index (χ1v) is 6.49. The van der Waals surface area contributed by atoms with Crippen LogP contribution in [-0.2, 0) is 18.0 Å². The lowest BCUT2D eigenvalue weighted by Crippen LogP contribution is -2.27. The van der Waals surface area contributed by atoms with Crippen molar-refractivity contribution in [3.05, 3.63) is 21.6 Å². The fourth-order valence-corrected chi connectivity index (χ4v) is 3.34. The Morgan fingerprint density at radius 2 is 2.13 bits per heavy atom. The van der Waals surface area contributed by atoms with Crippen molar-refractivity contribution in [1.82, 2.24) is 9.78 Å². The van der Waals surface area contributed by atoms with Crippen molar-refractivity contribution in [2.24, 2.45) is 0 Å². The van der Waals surface area contributed by atoms with E-state index >= 15 is 0 Å². The van der Waals surface area contributed by atoms with Crippen molar-refractivity contribution in [2.45, 2.75) is 32.1 Å². The van der Waals surface area contributed by atoms with Crippen molar-refractivity contribution in [3.63, 3.8) is 0 Å². The number of ether oxygens (including phenoxy) is 1. The maximum atomic E-state index is 12.0. The zero-order valence-corrected chi connectivity index (χ0v) is 9.31. The second-order valence-corrected chi connectivity index (χ2v) is 5.31. The zero-order valence-electron chi connectivity index (χ0n) is 8.49. The number of hydrogen-bond donors (Lipinski definition) is 1. The lowest BCUT2D eigenvalue weighted by Gasteiger charge is -2.21. The molecule has 0 amide bonds. The molecule has 0 aliphatic carbocycles. The van der Waals surface area contributed by atoms with Gasteiger partial charge in [0, 0.05) is 0 Å². The van der Waals surface area contributed by atoms with Crippen molar-refractivity contribution >= 4 is 11.8 Å². The van der Waals surface area contributed by atoms with Crippen LogP contribution in [0.2, 0.25) is 0 Å². The van der Waals surface area contributed by atoms with Crippen molar-refractivity contribution < 1.29 is 4.74 Å². The highest BCUT2D eigenvalue weighted by Crippen LogP contribution is 2.26. The van der Waals surface area contributed by atoms with E-state index < -0.39 is 0 Å². The van der Waals surface area contributed by atoms with Gasteiger partial charge in [0.2, 0.25) is 0 Å². The maximum Gasteiger partial charge on any atom is 0.272 e. The molecule has 82 valence electrons. The molecule has 0 bridgehead atoms. The molecule has 0 saturated carbocycles. The van der Waals surface area contributed by atoms with E-state index in [1.165, 1.54) is 0 Å². The number of nitrogens with zero attached hydrogens (tertiary/aromatic N) is 1. The van der Waals surface area contributed by atoms with Crippen LogP contribution in [0.4, 0.5) is 0 Å². The molecule has 2 aliphatic heterocycles. The van der Waals surface area contributed by atoms with Gasteiger partial charge >= 0.3 is 0 Å². The molecule has 2 aliphatic rings. The van der Waals surface area contributed by atoms with E-state index in [0.717, 1.165) is 35.6 Å². The predicted molar refractivity (Wildman–Crippen MR) is 59.1 cm³/mol. The second-order valence-electron chi connectivity index (χ2n) is 4.08. The Balaban J connectivity index is 1.95. The predicted octanol–water partition coefficient (Wildman–Crippen LogP) is 1.27. The summed E-state index contributed by atoms with van der Waals surface area (Å²) in [4.78, 5) is 12.0. The highest BCUT2D eigenvalue weighted by Gasteiger charge is 2.24. The number of aromatic amines is 1. The van der Waals surface area contributed by atoms with E-state index in [-0.39, 0.29) is 5.56 Å². The van der Waals surface area contributed by atoms with Crippen LogP contribution in [0.5, 0.6) is 0 Å². The highest BCUT2D eigenvalue weighted by molar-refractivity contribution is 7.99. The van der Waals surface area contributed by atoms with E-state index in [9.17, 15) is 4.79 Å². The molecule has 15 heavy (non-hydrogen) atoms. The second kappa shape index (κ2) is 3.72. The number of thioether (sulfide) groups is 1. The molecule has 0 aromatic carbocycles. The number of fused-ring (bicyclic) bond motifs is 1. The number of hydrogen-bond acceptors (Lipinski definition) is 3. The van der Waals surface area contributed by atoms with E-state index in [4.69, 9.17) is 4.74 Å². The summed E-state index contributed by atoms with van der Waals surface area (Å²) in [5.41, 5.74) is 1.96. The van der Waals surface area contributed by atoms with E-state index in [0.29, 0.717) is 19.3 Å². The summed E-state index contributed by atoms with van der Waals surface area (Å²) in [6, 6.07) is 0.379. The molecule has 1 fully saturated rings. The number of H-pyrrole nitrogens is 1. The monoisotopic (exact) mass is 226 g/mol. The average Bonchev–Trinajstić information content (AvgIpc) is 2.83. The van der Waals surface area contributed by atoms with Gasteiger partial charge in [-0.3, -0.25) is 9.89 Å². The van der Waals surface area contributed by atoms with Crippen molar-refractivity contribution in [2.75, 3.05) is 11.5 Å². The topological polar surface area (TPSA) is 47.0 Å². The van der Waals surface area contributed by atoms with E-state index in [1.807, 2.05) is 16.4 Å². The minimum atomic E-state index is 0.138. The van der Waals surface area contributed by atoms with Gasteiger partial charge in [0.25, 0.3) is 5.56 Å². The molecule has 0 spiro atoms. The Morgan fingerprint density at radius 3 is 2.87 bits per heavy atom. The van der Waals surface area contributed by atoms with Crippen LogP contribution in [0.1, 0.15) is 30.1 Å². The summed E-state index contributed by atoms with van der Waals surface area (Å²) in [6.45, 7) is 1.05. The summed E-state index contributed by atoms with van der Waals surface area (Å²) in [7, 11) is 0. The van der Waals surface area contributed by atoms with Crippen LogP contribution >= 0.6 is 11.8 Å². The van der Waals surface area contributed by atoms with Gasteiger partial charge in [-0.15, -0.1) is 0 Å². The lowest BCUT2D eigenvalue weighted by molar-refractivity contribution is 0.129. The zero-order chi connectivity index (χ0) is 10.3. The van der Waals surface area contributed by atoms with Gasteiger partial charge in [-0.25, -0.2) is 4.68 Å². The first kappa shape index (κ1) is 9.54. The third kappa shape index (κ3) is 1.54. The molecule has 1 aromatic rings. The van der Waals surface area contributed by atoms with Gasteiger partial charge < -0.3 is 4.74 Å². The molecule has 1 saturated heterocycles. The largest absolute Gasteiger partial charge is 0.370 e. The Morgan fingerprint density at radius 1 is 1.33 bits per heavy atom. The first-order valence-electron chi connectivity index (χ1n) is 5.34. The van der Waals surface area contributed by atoms with Gasteiger partial charge in [0.15, 0.2) is 0 Å². The molecule has 0 unspecified atom stereocenters. The minimum Gasteiger partial charge on any atom is -0.370 e. The maximum absolute atomic E-state index is 12.0. The molecular weight excluding hydrogens is 212 g/mol. The van der Waals surface area contributed by atoms with E-state index in [1.54, 1.807) is 0 Å². The van der Waals surface area contributed by atoms with Gasteiger partial charge in [-0.1, -0.05) is 0 Å². The van der Waals surface area contributed by atoms with Crippen LogP contribution in [0, 0.1) is 0 Å². The number of rotatable bonds is 1. The molecule has 0 radical (unpaired) electrons. The highest BCUT2D eigenvalue weighted by atomic mass is 32.2. The summed E-state index contributed by atoms with van der Waals surface area (Å²) < 4.78 is 7.06. The standard InChI is InChI=1S/C10H14N2O2S/c13-10-8-5-14-6-9(8)11-12(10)7-1-3-15-4-2-7/h7,11H,1-6H2. The fourth-order valence-electron chi connectivity index (χ4n) is 2.26. The van der Waals surface area contributed by atoms with Crippen LogP contribution < -0.4 is 5.56 Å². The Labute approximate surface area is 92.0 Å². The summed E-state index contributed by atoms with van der Waals surface area (Å²) in [5, 5.41) is 3.20. The summed E-state index contributed by atoms with van der Waals surface area (Å²) in [6.07, 6.45) is 2.20. The lowest BCUT2D eigenvalue weighted by atomic mass is 10.1. The van der Waals surface area contributed by atoms with Gasteiger partial charge in [0.05, 0.1) is 30.5 Å². The minimum absolute atomic E-state index is 0.138. The Bertz CT molecular complexity index is 418. The first-order chi connectivity index (χ1) is 7.36. The molecule has 5 heteroatoms. The molecule has 4 nitrogen and oxygen atoms in total. The van der Waals surface area contributed by atoms with Gasteiger partial charge in [-0.05, 0) is 24.3 Å². The van der Waals surface area contributed by atoms with Crippen LogP contribution in [-0.4, -0.2) is 21.3 Å². The third-order valence-corrected chi connectivity index (χ3v) is 4.19. The Hall–Kier alpha value is -0.680. The number of aromatic nitrogens is 2. The molecule has 3 heterocycles. The summed E-state index contributed by atoms with van der Waals surface area (Å²) >= 11 is 1.98. The van der Waals surface area contributed by atoms with Crippen LogP contribution in [0.3, 0.4) is 0 Å². The number of nitrogens with one attached hydrogen (secondary N) is 1. The Kier molecular flexibility index (Phi) is 2.36. The van der Waals surface area contributed by atoms with Gasteiger partial charge in [-0.2, -0.15) is 11.8 Å². The quantitative estimate of drug-likeness (QED) is 0.784.